The van der Waals surface area contributed by atoms with Crippen LogP contribution in [0.2, 0.25) is 0 Å². The normalized spacial score (nSPS) is 15.3. The summed E-state index contributed by atoms with van der Waals surface area (Å²) in [5.41, 5.74) is -0.122. The van der Waals surface area contributed by atoms with Crippen molar-refractivity contribution < 1.29 is 23.8 Å². The second-order valence-electron chi connectivity index (χ2n) is 7.76. The van der Waals surface area contributed by atoms with Gasteiger partial charge in [-0.15, -0.1) is 0 Å². The van der Waals surface area contributed by atoms with E-state index in [-0.39, 0.29) is 23.8 Å². The molecule has 1 fully saturated rings. The van der Waals surface area contributed by atoms with E-state index in [1.165, 1.54) is 6.07 Å². The molecule has 2 N–H and O–H groups in total. The average Bonchev–Trinajstić information content (AvgIpc) is 2.76. The first-order valence-electron chi connectivity index (χ1n) is 10.3. The van der Waals surface area contributed by atoms with Crippen molar-refractivity contribution in [2.24, 2.45) is 0 Å². The predicted molar refractivity (Wildman–Crippen MR) is 120 cm³/mol. The first kappa shape index (κ1) is 23.1. The molecule has 168 valence electrons. The van der Waals surface area contributed by atoms with Crippen LogP contribution in [0, 0.1) is 6.92 Å². The molecular weight excluding hydrogens is 418 g/mol. The lowest BCUT2D eigenvalue weighted by molar-refractivity contribution is -0.122. The zero-order valence-corrected chi connectivity index (χ0v) is 19.0. The van der Waals surface area contributed by atoms with Gasteiger partial charge in [0.15, 0.2) is 17.3 Å². The number of rotatable bonds is 8. The Hall–Kier alpha value is -2.61. The number of nitrogens with one attached hydrogen (secondary N) is 1. The van der Waals surface area contributed by atoms with Gasteiger partial charge in [0.2, 0.25) is 17.1 Å². The maximum Gasteiger partial charge on any atom is 0.227 e. The number of methoxy groups -OCH3 is 2. The van der Waals surface area contributed by atoms with Gasteiger partial charge < -0.3 is 24.3 Å². The molecule has 8 heteroatoms. The lowest BCUT2D eigenvalue weighted by Crippen LogP contribution is -2.39. The lowest BCUT2D eigenvalue weighted by Gasteiger charge is -2.35. The highest BCUT2D eigenvalue weighted by Crippen LogP contribution is 2.44. The monoisotopic (exact) mass is 447 g/mol. The molecule has 7 nitrogen and oxygen atoms in total. The van der Waals surface area contributed by atoms with E-state index in [2.05, 4.69) is 5.32 Å². The molecule has 31 heavy (non-hydrogen) atoms. The Morgan fingerprint density at radius 2 is 1.90 bits per heavy atom. The van der Waals surface area contributed by atoms with Gasteiger partial charge in [0, 0.05) is 24.4 Å². The Morgan fingerprint density at radius 1 is 1.19 bits per heavy atom. The number of amides is 1. The molecule has 0 bridgehead atoms. The highest BCUT2D eigenvalue weighted by atomic mass is 32.2. The summed E-state index contributed by atoms with van der Waals surface area (Å²) in [4.78, 5) is 24.9. The number of thioether (sulfide) groups is 1. The summed E-state index contributed by atoms with van der Waals surface area (Å²) in [7, 11) is 3.18. The third kappa shape index (κ3) is 5.36. The summed E-state index contributed by atoms with van der Waals surface area (Å²) >= 11 is 1.80. The molecule has 2 heterocycles. The van der Waals surface area contributed by atoms with Crippen molar-refractivity contribution in [2.75, 3.05) is 32.3 Å². The van der Waals surface area contributed by atoms with Crippen molar-refractivity contribution in [2.45, 2.75) is 38.0 Å². The summed E-state index contributed by atoms with van der Waals surface area (Å²) in [6.45, 7) is 2.14. The number of ether oxygens (including phenoxy) is 2. The molecular formula is C23H29NO6S. The van der Waals surface area contributed by atoms with Crippen molar-refractivity contribution in [1.82, 2.24) is 5.32 Å². The van der Waals surface area contributed by atoms with Gasteiger partial charge in [-0.3, -0.25) is 9.59 Å². The summed E-state index contributed by atoms with van der Waals surface area (Å²) in [6.07, 6.45) is 2.14. The van der Waals surface area contributed by atoms with E-state index in [9.17, 15) is 14.7 Å². The number of hydrogen-bond donors (Lipinski definition) is 2. The minimum Gasteiger partial charge on any atom is -0.502 e. The molecule has 1 saturated heterocycles. The Morgan fingerprint density at radius 3 is 2.58 bits per heavy atom. The number of aryl methyl sites for hydroxylation is 1. The second kappa shape index (κ2) is 10.1. The second-order valence-corrected chi connectivity index (χ2v) is 8.98. The standard InChI is InChI=1S/C23H29NO6S/c1-15-12-17(25)21(27)22(30-15)23(7-10-31-11-8-23)14-20(26)24-9-6-16-4-5-18(28-2)19(13-16)29-3/h4-5,12-13,27H,6-11,14H2,1-3H3,(H,24,26). The van der Waals surface area contributed by atoms with E-state index in [1.54, 1.807) is 32.9 Å². The van der Waals surface area contributed by atoms with Crippen LogP contribution in [0.3, 0.4) is 0 Å². The van der Waals surface area contributed by atoms with Crippen molar-refractivity contribution in [3.63, 3.8) is 0 Å². The van der Waals surface area contributed by atoms with Crippen LogP contribution in [0.25, 0.3) is 0 Å². The van der Waals surface area contributed by atoms with Gasteiger partial charge in [0.05, 0.1) is 14.2 Å². The molecule has 0 radical (unpaired) electrons. The van der Waals surface area contributed by atoms with Crippen LogP contribution in [0.1, 0.15) is 36.3 Å². The largest absolute Gasteiger partial charge is 0.502 e. The number of carbonyl (C=O) groups excluding carboxylic acids is 1. The molecule has 2 aromatic rings. The summed E-state index contributed by atoms with van der Waals surface area (Å²) in [5, 5.41) is 13.4. The van der Waals surface area contributed by atoms with Crippen LogP contribution in [0.15, 0.2) is 33.5 Å². The number of aromatic hydroxyl groups is 1. The number of benzene rings is 1. The molecule has 1 aromatic carbocycles. The zero-order chi connectivity index (χ0) is 22.4. The van der Waals surface area contributed by atoms with Crippen LogP contribution in [-0.2, 0) is 16.6 Å². The third-order valence-corrected chi connectivity index (χ3v) is 6.65. The molecule has 0 atom stereocenters. The van der Waals surface area contributed by atoms with E-state index < -0.39 is 10.8 Å². The van der Waals surface area contributed by atoms with Gasteiger partial charge in [-0.2, -0.15) is 11.8 Å². The topological polar surface area (TPSA) is 98.0 Å². The van der Waals surface area contributed by atoms with Crippen molar-refractivity contribution in [1.29, 1.82) is 0 Å². The first-order valence-corrected chi connectivity index (χ1v) is 11.4. The number of carbonyl (C=O) groups is 1. The van der Waals surface area contributed by atoms with Gasteiger partial charge in [-0.05, 0) is 55.4 Å². The zero-order valence-electron chi connectivity index (χ0n) is 18.2. The molecule has 1 aromatic heterocycles. The first-order chi connectivity index (χ1) is 14.9. The van der Waals surface area contributed by atoms with Crippen LogP contribution in [0.4, 0.5) is 0 Å². The van der Waals surface area contributed by atoms with Crippen molar-refractivity contribution in [3.05, 3.63) is 51.6 Å². The fraction of sp³-hybridized carbons (Fsp3) is 0.478. The average molecular weight is 448 g/mol. The van der Waals surface area contributed by atoms with Crippen molar-refractivity contribution >= 4 is 17.7 Å². The molecule has 1 aliphatic rings. The molecule has 1 aliphatic heterocycles. The highest BCUT2D eigenvalue weighted by Gasteiger charge is 2.41. The van der Waals surface area contributed by atoms with Crippen molar-refractivity contribution in [3.8, 4) is 17.2 Å². The Kier molecular flexibility index (Phi) is 7.54. The van der Waals surface area contributed by atoms with E-state index in [0.29, 0.717) is 43.1 Å². The van der Waals surface area contributed by atoms with Gasteiger partial charge in [0.1, 0.15) is 5.76 Å². The fourth-order valence-electron chi connectivity index (χ4n) is 3.96. The molecule has 0 unspecified atom stereocenters. The number of hydrogen-bond acceptors (Lipinski definition) is 7. The van der Waals surface area contributed by atoms with E-state index in [4.69, 9.17) is 13.9 Å². The van der Waals surface area contributed by atoms with Crippen LogP contribution < -0.4 is 20.2 Å². The quantitative estimate of drug-likeness (QED) is 0.641. The molecule has 0 aliphatic carbocycles. The maximum atomic E-state index is 12.8. The van der Waals surface area contributed by atoms with E-state index in [1.807, 2.05) is 18.2 Å². The summed E-state index contributed by atoms with van der Waals surface area (Å²) < 4.78 is 16.4. The van der Waals surface area contributed by atoms with Gasteiger partial charge in [-0.1, -0.05) is 6.07 Å². The van der Waals surface area contributed by atoms with Crippen LogP contribution in [0.5, 0.6) is 17.2 Å². The smallest absolute Gasteiger partial charge is 0.227 e. The summed E-state index contributed by atoms with van der Waals surface area (Å²) in [5.74, 6) is 3.16. The highest BCUT2D eigenvalue weighted by molar-refractivity contribution is 7.99. The summed E-state index contributed by atoms with van der Waals surface area (Å²) in [6, 6.07) is 6.94. The minimum absolute atomic E-state index is 0.129. The molecule has 1 amide bonds. The third-order valence-electron chi connectivity index (χ3n) is 5.66. The predicted octanol–water partition coefficient (Wildman–Crippen LogP) is 3.18. The van der Waals surface area contributed by atoms with Gasteiger partial charge in [-0.25, -0.2) is 0 Å². The van der Waals surface area contributed by atoms with Crippen LogP contribution in [-0.4, -0.2) is 43.3 Å². The SMILES string of the molecule is COc1ccc(CCNC(=O)CC2(c3oc(C)cc(=O)c3O)CCSCC2)cc1OC. The van der Waals surface area contributed by atoms with Gasteiger partial charge in [0.25, 0.3) is 0 Å². The maximum absolute atomic E-state index is 12.8. The lowest BCUT2D eigenvalue weighted by atomic mass is 9.75. The molecule has 0 spiro atoms. The van der Waals surface area contributed by atoms with E-state index >= 15 is 0 Å². The Balaban J connectivity index is 1.69. The fourth-order valence-corrected chi connectivity index (χ4v) is 5.24. The molecule has 0 saturated carbocycles. The van der Waals surface area contributed by atoms with Gasteiger partial charge >= 0.3 is 0 Å². The Bertz CT molecular complexity index is 981. The van der Waals surface area contributed by atoms with Crippen LogP contribution >= 0.6 is 11.8 Å². The molecule has 3 rings (SSSR count). The minimum atomic E-state index is -0.673. The van der Waals surface area contributed by atoms with E-state index in [0.717, 1.165) is 17.1 Å². The Labute approximate surface area is 186 Å².